The van der Waals surface area contributed by atoms with Gasteiger partial charge in [-0.2, -0.15) is 0 Å². The second-order valence-corrected chi connectivity index (χ2v) is 9.78. The molecule has 1 unspecified atom stereocenters. The summed E-state index contributed by atoms with van der Waals surface area (Å²) in [5.74, 6) is 0. The van der Waals surface area contributed by atoms with Gasteiger partial charge in [0.15, 0.2) is 0 Å². The fourth-order valence-corrected chi connectivity index (χ4v) is 7.60. The summed E-state index contributed by atoms with van der Waals surface area (Å²) in [6, 6.07) is 8.50. The Kier molecular flexibility index (Phi) is 5.64. The molecule has 1 N–H and O–H groups in total. The third-order valence-corrected chi connectivity index (χ3v) is 8.84. The van der Waals surface area contributed by atoms with Crippen LogP contribution in [0.4, 0.5) is 0 Å². The van der Waals surface area contributed by atoms with Gasteiger partial charge in [0.1, 0.15) is 0 Å². The lowest BCUT2D eigenvalue weighted by atomic mass is 10.1. The molecule has 0 aliphatic heterocycles. The second-order valence-electron chi connectivity index (χ2n) is 6.39. The summed E-state index contributed by atoms with van der Waals surface area (Å²) in [5.41, 5.74) is 6.96. The van der Waals surface area contributed by atoms with Crippen LogP contribution in [0.5, 0.6) is 0 Å². The molecule has 1 atom stereocenters. The summed E-state index contributed by atoms with van der Waals surface area (Å²) < 4.78 is 17.2. The van der Waals surface area contributed by atoms with Crippen molar-refractivity contribution in [3.63, 3.8) is 0 Å². The third-order valence-electron chi connectivity index (χ3n) is 4.22. The predicted octanol–water partition coefficient (Wildman–Crippen LogP) is 2.77. The molecule has 0 heterocycles. The van der Waals surface area contributed by atoms with Crippen LogP contribution in [0.25, 0.3) is 0 Å². The van der Waals surface area contributed by atoms with Gasteiger partial charge in [0.05, 0.1) is 0 Å². The molecule has 0 amide bonds. The molecule has 0 saturated heterocycles. The number of hydrogen-bond donors (Lipinski definition) is 1. The van der Waals surface area contributed by atoms with Crippen LogP contribution in [-0.4, -0.2) is 13.9 Å². The van der Waals surface area contributed by atoms with Crippen LogP contribution in [0.2, 0.25) is 0 Å². The van der Waals surface area contributed by atoms with Gasteiger partial charge in [-0.1, -0.05) is 35.4 Å². The first-order valence-electron chi connectivity index (χ1n) is 7.75. The molecule has 0 saturated carbocycles. The summed E-state index contributed by atoms with van der Waals surface area (Å²) in [6.07, 6.45) is 0. The summed E-state index contributed by atoms with van der Waals surface area (Å²) >= 11 is 0. The lowest BCUT2D eigenvalue weighted by Gasteiger charge is -2.24. The number of aryl methyl sites for hydroxylation is 6. The first kappa shape index (κ1) is 18.1. The topological polar surface area (TPSA) is 46.5 Å². The lowest BCUT2D eigenvalue weighted by molar-refractivity contribution is 0.418. The maximum atomic E-state index is 11.5. The minimum Gasteiger partial charge on any atom is -0.346 e. The zero-order valence-electron chi connectivity index (χ0n) is 14.7. The van der Waals surface area contributed by atoms with E-state index in [1.165, 1.54) is 11.1 Å². The van der Waals surface area contributed by atoms with Crippen LogP contribution < -0.4 is 10.4 Å². The van der Waals surface area contributed by atoms with E-state index >= 15 is 0 Å². The van der Waals surface area contributed by atoms with E-state index in [-0.39, 0.29) is 0 Å². The van der Waals surface area contributed by atoms with Gasteiger partial charge in [-0.25, -0.2) is 0 Å². The quantitative estimate of drug-likeness (QED) is 0.683. The zero-order chi connectivity index (χ0) is 17.3. The highest BCUT2D eigenvalue weighted by Crippen LogP contribution is 2.21. The van der Waals surface area contributed by atoms with Crippen molar-refractivity contribution in [2.24, 2.45) is 0 Å². The highest BCUT2D eigenvalue weighted by Gasteiger charge is 2.27. The first-order chi connectivity index (χ1) is 10.7. The Morgan fingerprint density at radius 1 is 0.783 bits per heavy atom. The Balaban J connectivity index is 2.72. The molecule has 0 bridgehead atoms. The van der Waals surface area contributed by atoms with Crippen molar-refractivity contribution in [1.82, 2.24) is 0 Å². The van der Waals surface area contributed by atoms with Crippen LogP contribution in [0.1, 0.15) is 33.4 Å². The fourth-order valence-electron chi connectivity index (χ4n) is 3.57. The van der Waals surface area contributed by atoms with E-state index in [4.69, 9.17) is 4.21 Å². The van der Waals surface area contributed by atoms with Crippen LogP contribution in [0.3, 0.4) is 0 Å². The molecule has 0 radical (unpaired) electrons. The van der Waals surface area contributed by atoms with Gasteiger partial charge < -0.3 is 9.11 Å². The zero-order valence-corrected chi connectivity index (χ0v) is 16.8. The number of benzene rings is 2. The van der Waals surface area contributed by atoms with Crippen LogP contribution >= 0.6 is 8.25 Å². The standard InChI is InChI=1S/C18H25O3PSi/c1-11-7-13(3)17(14(4)8-11)23(21-22(19)20)18-15(5)9-12(2)10-16(18)6/h7-10,22-23H,1-6H3,(H,19,20). The lowest BCUT2D eigenvalue weighted by Crippen LogP contribution is -2.48. The molecule has 2 aromatic rings. The van der Waals surface area contributed by atoms with Crippen LogP contribution in [0, 0.1) is 41.5 Å². The largest absolute Gasteiger partial charge is 0.346 e. The summed E-state index contributed by atoms with van der Waals surface area (Å²) in [6.45, 7) is 12.4. The van der Waals surface area contributed by atoms with Crippen molar-refractivity contribution in [2.75, 3.05) is 0 Å². The molecule has 3 nitrogen and oxygen atoms in total. The molecule has 23 heavy (non-hydrogen) atoms. The number of hydrogen-bond acceptors (Lipinski definition) is 2. The van der Waals surface area contributed by atoms with E-state index in [0.717, 1.165) is 32.6 Å². The van der Waals surface area contributed by atoms with Crippen molar-refractivity contribution in [3.05, 3.63) is 57.6 Å². The molecule has 0 aliphatic rings. The van der Waals surface area contributed by atoms with Gasteiger partial charge in [0, 0.05) is 0 Å². The Bertz CT molecular complexity index is 667. The Hall–Kier alpha value is -1.19. The van der Waals surface area contributed by atoms with Gasteiger partial charge in [-0.05, 0) is 74.2 Å². The molecule has 0 aliphatic carbocycles. The number of rotatable bonds is 4. The van der Waals surface area contributed by atoms with Gasteiger partial charge in [0.2, 0.25) is 0 Å². The molecular formula is C18H25O3PSi. The molecule has 2 aromatic carbocycles. The van der Waals surface area contributed by atoms with E-state index < -0.39 is 17.3 Å². The molecule has 0 aromatic heterocycles. The van der Waals surface area contributed by atoms with Crippen molar-refractivity contribution in [1.29, 1.82) is 0 Å². The molecular weight excluding hydrogens is 323 g/mol. The molecule has 0 fully saturated rings. The van der Waals surface area contributed by atoms with E-state index in [1.54, 1.807) is 0 Å². The summed E-state index contributed by atoms with van der Waals surface area (Å²) in [5, 5.41) is 2.25. The average Bonchev–Trinajstić information content (AvgIpc) is 2.34. The molecule has 0 spiro atoms. The second kappa shape index (κ2) is 7.14. The van der Waals surface area contributed by atoms with Crippen LogP contribution in [-0.2, 0) is 8.78 Å². The predicted molar refractivity (Wildman–Crippen MR) is 100 cm³/mol. The minimum absolute atomic E-state index is 1.12. The van der Waals surface area contributed by atoms with E-state index in [2.05, 4.69) is 65.8 Å². The van der Waals surface area contributed by atoms with Crippen molar-refractivity contribution >= 4 is 27.7 Å². The SMILES string of the molecule is Cc1cc(C)c([SiH](O[PH](=O)O)c2c(C)cc(C)cc2C)c(C)c1. The maximum Gasteiger partial charge on any atom is 0.307 e. The smallest absolute Gasteiger partial charge is 0.307 e. The Morgan fingerprint density at radius 2 is 1.09 bits per heavy atom. The third kappa shape index (κ3) is 4.02. The highest BCUT2D eigenvalue weighted by molar-refractivity contribution is 7.34. The Labute approximate surface area is 141 Å². The summed E-state index contributed by atoms with van der Waals surface area (Å²) in [7, 11) is -5.23. The van der Waals surface area contributed by atoms with Gasteiger partial charge in [-0.15, -0.1) is 0 Å². The average molecular weight is 348 g/mol. The van der Waals surface area contributed by atoms with Crippen LogP contribution in [0.15, 0.2) is 24.3 Å². The van der Waals surface area contributed by atoms with E-state index in [9.17, 15) is 9.46 Å². The molecule has 2 rings (SSSR count). The maximum absolute atomic E-state index is 11.5. The van der Waals surface area contributed by atoms with Gasteiger partial charge >= 0.3 is 8.25 Å². The van der Waals surface area contributed by atoms with E-state index in [0.29, 0.717) is 0 Å². The summed E-state index contributed by atoms with van der Waals surface area (Å²) in [4.78, 5) is 9.48. The Morgan fingerprint density at radius 3 is 1.35 bits per heavy atom. The first-order valence-corrected chi connectivity index (χ1v) is 10.6. The minimum atomic E-state index is -3.00. The molecule has 124 valence electrons. The van der Waals surface area contributed by atoms with Crippen molar-refractivity contribution in [2.45, 2.75) is 41.5 Å². The molecule has 5 heteroatoms. The van der Waals surface area contributed by atoms with Gasteiger partial charge in [-0.3, -0.25) is 4.57 Å². The van der Waals surface area contributed by atoms with Crippen molar-refractivity contribution in [3.8, 4) is 0 Å². The monoisotopic (exact) mass is 348 g/mol. The highest BCUT2D eigenvalue weighted by atomic mass is 31.1. The normalized spacial score (nSPS) is 12.7. The van der Waals surface area contributed by atoms with E-state index in [1.807, 2.05) is 0 Å². The van der Waals surface area contributed by atoms with Gasteiger partial charge in [0.25, 0.3) is 9.04 Å². The fraction of sp³-hybridized carbons (Fsp3) is 0.333. The van der Waals surface area contributed by atoms with Crippen molar-refractivity contribution < 1.29 is 13.7 Å².